The molecule has 2 N–H and O–H groups in total. The van der Waals surface area contributed by atoms with E-state index in [1.807, 2.05) is 31.0 Å². The summed E-state index contributed by atoms with van der Waals surface area (Å²) in [5, 5.41) is 8.63. The second-order valence-electron chi connectivity index (χ2n) is 4.03. The number of rotatable bonds is 3. The molecule has 0 aliphatic carbocycles. The summed E-state index contributed by atoms with van der Waals surface area (Å²) in [7, 11) is 1.91. The minimum absolute atomic E-state index is 0.546. The SMILES string of the molecule is Cc1nn(Cc2cnn(C)c2)c(C)c1CN. The molecule has 2 aromatic heterocycles. The lowest BCUT2D eigenvalue weighted by Gasteiger charge is -2.02. The standard InChI is InChI=1S/C11H17N5/c1-8-11(4-12)9(2)16(14-8)7-10-5-13-15(3)6-10/h5-6H,4,7,12H2,1-3H3. The van der Waals surface area contributed by atoms with E-state index in [-0.39, 0.29) is 0 Å². The highest BCUT2D eigenvalue weighted by Gasteiger charge is 2.10. The normalized spacial score (nSPS) is 11.0. The maximum absolute atomic E-state index is 5.69. The summed E-state index contributed by atoms with van der Waals surface area (Å²) in [5.41, 5.74) is 10.1. The zero-order valence-electron chi connectivity index (χ0n) is 9.94. The van der Waals surface area contributed by atoms with Crippen LogP contribution in [0.2, 0.25) is 0 Å². The fourth-order valence-electron chi connectivity index (χ4n) is 1.91. The molecule has 0 fully saturated rings. The molecule has 0 atom stereocenters. The van der Waals surface area contributed by atoms with Crippen LogP contribution in [0.1, 0.15) is 22.5 Å². The fourth-order valence-corrected chi connectivity index (χ4v) is 1.91. The average molecular weight is 219 g/mol. The Morgan fingerprint density at radius 2 is 2.12 bits per heavy atom. The van der Waals surface area contributed by atoms with Gasteiger partial charge in [-0.05, 0) is 13.8 Å². The highest BCUT2D eigenvalue weighted by Crippen LogP contribution is 2.13. The van der Waals surface area contributed by atoms with Crippen molar-refractivity contribution < 1.29 is 0 Å². The van der Waals surface area contributed by atoms with E-state index in [0.29, 0.717) is 6.54 Å². The van der Waals surface area contributed by atoms with Gasteiger partial charge in [-0.25, -0.2) is 0 Å². The van der Waals surface area contributed by atoms with Gasteiger partial charge in [-0.1, -0.05) is 0 Å². The number of nitrogens with zero attached hydrogens (tertiary/aromatic N) is 4. The topological polar surface area (TPSA) is 61.7 Å². The highest BCUT2D eigenvalue weighted by molar-refractivity contribution is 5.24. The molecule has 2 heterocycles. The summed E-state index contributed by atoms with van der Waals surface area (Å²) < 4.78 is 3.78. The van der Waals surface area contributed by atoms with Gasteiger partial charge in [0.1, 0.15) is 0 Å². The van der Waals surface area contributed by atoms with Crippen molar-refractivity contribution in [3.63, 3.8) is 0 Å². The maximum Gasteiger partial charge on any atom is 0.0693 e. The van der Waals surface area contributed by atoms with Crippen LogP contribution in [0.15, 0.2) is 12.4 Å². The van der Waals surface area contributed by atoms with E-state index in [1.165, 1.54) is 0 Å². The molecular weight excluding hydrogens is 202 g/mol. The summed E-state index contributed by atoms with van der Waals surface area (Å²) in [5.74, 6) is 0. The first-order valence-corrected chi connectivity index (χ1v) is 5.32. The van der Waals surface area contributed by atoms with Crippen molar-refractivity contribution in [1.29, 1.82) is 0 Å². The van der Waals surface area contributed by atoms with Gasteiger partial charge in [0, 0.05) is 36.6 Å². The summed E-state index contributed by atoms with van der Waals surface area (Å²) in [6, 6.07) is 0. The Bertz CT molecular complexity index is 494. The van der Waals surface area contributed by atoms with Crippen LogP contribution >= 0.6 is 0 Å². The van der Waals surface area contributed by atoms with Crippen LogP contribution in [0.5, 0.6) is 0 Å². The van der Waals surface area contributed by atoms with E-state index in [1.54, 1.807) is 4.68 Å². The third kappa shape index (κ3) is 1.86. The molecule has 86 valence electrons. The largest absolute Gasteiger partial charge is 0.326 e. The smallest absolute Gasteiger partial charge is 0.0693 e. The van der Waals surface area contributed by atoms with Crippen molar-refractivity contribution in [2.75, 3.05) is 0 Å². The number of nitrogens with two attached hydrogens (primary N) is 1. The van der Waals surface area contributed by atoms with Gasteiger partial charge >= 0.3 is 0 Å². The van der Waals surface area contributed by atoms with Crippen LogP contribution in [0.3, 0.4) is 0 Å². The van der Waals surface area contributed by atoms with Crippen molar-refractivity contribution in [2.45, 2.75) is 26.9 Å². The second-order valence-corrected chi connectivity index (χ2v) is 4.03. The summed E-state index contributed by atoms with van der Waals surface area (Å²) >= 11 is 0. The molecular formula is C11H17N5. The summed E-state index contributed by atoms with van der Waals surface area (Å²) in [6.07, 6.45) is 3.86. The van der Waals surface area contributed by atoms with Gasteiger partial charge in [0.05, 0.1) is 18.4 Å². The first kappa shape index (κ1) is 10.9. The molecule has 2 rings (SSSR count). The third-order valence-electron chi connectivity index (χ3n) is 2.83. The molecule has 0 amide bonds. The molecule has 0 bridgehead atoms. The Kier molecular flexibility index (Phi) is 2.78. The van der Waals surface area contributed by atoms with E-state index in [2.05, 4.69) is 17.1 Å². The molecule has 5 heteroatoms. The van der Waals surface area contributed by atoms with E-state index < -0.39 is 0 Å². The Labute approximate surface area is 94.9 Å². The zero-order valence-corrected chi connectivity index (χ0v) is 9.94. The first-order chi connectivity index (χ1) is 7.61. The quantitative estimate of drug-likeness (QED) is 0.828. The minimum atomic E-state index is 0.546. The Morgan fingerprint density at radius 1 is 1.38 bits per heavy atom. The molecule has 0 unspecified atom stereocenters. The van der Waals surface area contributed by atoms with Crippen LogP contribution in [0.4, 0.5) is 0 Å². The Hall–Kier alpha value is -1.62. The first-order valence-electron chi connectivity index (χ1n) is 5.32. The van der Waals surface area contributed by atoms with Gasteiger partial charge in [0.2, 0.25) is 0 Å². The molecule has 0 radical (unpaired) electrons. The van der Waals surface area contributed by atoms with Crippen LogP contribution in [0.25, 0.3) is 0 Å². The Morgan fingerprint density at radius 3 is 2.62 bits per heavy atom. The highest BCUT2D eigenvalue weighted by atomic mass is 15.3. The molecule has 0 saturated heterocycles. The molecule has 0 aliphatic rings. The lowest BCUT2D eigenvalue weighted by atomic mass is 10.2. The molecule has 0 aliphatic heterocycles. The average Bonchev–Trinajstić information content (AvgIpc) is 2.74. The minimum Gasteiger partial charge on any atom is -0.326 e. The molecule has 0 spiro atoms. The molecule has 0 aromatic carbocycles. The number of aryl methyl sites for hydroxylation is 2. The van der Waals surface area contributed by atoms with Crippen molar-refractivity contribution >= 4 is 0 Å². The number of hydrogen-bond donors (Lipinski definition) is 1. The van der Waals surface area contributed by atoms with Crippen molar-refractivity contribution in [3.8, 4) is 0 Å². The van der Waals surface area contributed by atoms with E-state index in [4.69, 9.17) is 5.73 Å². The van der Waals surface area contributed by atoms with Gasteiger partial charge in [-0.2, -0.15) is 10.2 Å². The molecule has 0 saturated carbocycles. The second kappa shape index (κ2) is 4.09. The lowest BCUT2D eigenvalue weighted by Crippen LogP contribution is -2.05. The van der Waals surface area contributed by atoms with Crippen LogP contribution in [0, 0.1) is 13.8 Å². The monoisotopic (exact) mass is 219 g/mol. The van der Waals surface area contributed by atoms with Gasteiger partial charge in [0.15, 0.2) is 0 Å². The van der Waals surface area contributed by atoms with Crippen LogP contribution in [-0.4, -0.2) is 19.6 Å². The van der Waals surface area contributed by atoms with Gasteiger partial charge in [-0.15, -0.1) is 0 Å². The molecule has 5 nitrogen and oxygen atoms in total. The summed E-state index contributed by atoms with van der Waals surface area (Å²) in [6.45, 7) is 5.35. The van der Waals surface area contributed by atoms with Crippen molar-refractivity contribution in [3.05, 3.63) is 34.9 Å². The number of aromatic nitrogens is 4. The van der Waals surface area contributed by atoms with Crippen LogP contribution in [-0.2, 0) is 20.1 Å². The van der Waals surface area contributed by atoms with Crippen molar-refractivity contribution in [1.82, 2.24) is 19.6 Å². The number of hydrogen-bond acceptors (Lipinski definition) is 3. The Balaban J connectivity index is 2.28. The predicted molar refractivity (Wildman–Crippen MR) is 61.9 cm³/mol. The van der Waals surface area contributed by atoms with E-state index in [9.17, 15) is 0 Å². The third-order valence-corrected chi connectivity index (χ3v) is 2.83. The van der Waals surface area contributed by atoms with Crippen molar-refractivity contribution in [2.24, 2.45) is 12.8 Å². The van der Waals surface area contributed by atoms with Crippen LogP contribution < -0.4 is 5.73 Å². The van der Waals surface area contributed by atoms with Gasteiger partial charge in [0.25, 0.3) is 0 Å². The summed E-state index contributed by atoms with van der Waals surface area (Å²) in [4.78, 5) is 0. The van der Waals surface area contributed by atoms with E-state index >= 15 is 0 Å². The maximum atomic E-state index is 5.69. The predicted octanol–water partition coefficient (Wildman–Crippen LogP) is 0.740. The van der Waals surface area contributed by atoms with Gasteiger partial charge < -0.3 is 5.73 Å². The fraction of sp³-hybridized carbons (Fsp3) is 0.455. The molecule has 2 aromatic rings. The lowest BCUT2D eigenvalue weighted by molar-refractivity contribution is 0.657. The van der Waals surface area contributed by atoms with Gasteiger partial charge in [-0.3, -0.25) is 9.36 Å². The van der Waals surface area contributed by atoms with E-state index in [0.717, 1.165) is 29.1 Å². The molecule has 16 heavy (non-hydrogen) atoms. The zero-order chi connectivity index (χ0) is 11.7.